The van der Waals surface area contributed by atoms with Crippen LogP contribution in [0.25, 0.3) is 0 Å². The van der Waals surface area contributed by atoms with Crippen LogP contribution in [-0.2, 0) is 11.2 Å². The van der Waals surface area contributed by atoms with Crippen molar-refractivity contribution in [3.63, 3.8) is 0 Å². The largest absolute Gasteiger partial charge is 0.496 e. The predicted molar refractivity (Wildman–Crippen MR) is 81.4 cm³/mol. The van der Waals surface area contributed by atoms with E-state index in [1.807, 2.05) is 24.3 Å². The third-order valence-electron chi connectivity index (χ3n) is 4.01. The molecule has 0 unspecified atom stereocenters. The molecule has 2 rings (SSSR count). The molecule has 4 heteroatoms. The maximum Gasteiger partial charge on any atom is 0.225 e. The molecule has 1 aliphatic rings. The summed E-state index contributed by atoms with van der Waals surface area (Å²) in [6, 6.07) is 7.62. The molecule has 1 aliphatic carbocycles. The third-order valence-corrected chi connectivity index (χ3v) is 4.53. The van der Waals surface area contributed by atoms with Crippen molar-refractivity contribution in [2.75, 3.05) is 13.0 Å². The van der Waals surface area contributed by atoms with E-state index >= 15 is 0 Å². The molecule has 20 heavy (non-hydrogen) atoms. The van der Waals surface area contributed by atoms with Crippen LogP contribution in [0.2, 0.25) is 0 Å². The summed E-state index contributed by atoms with van der Waals surface area (Å²) in [5.74, 6) is 1.27. The summed E-state index contributed by atoms with van der Waals surface area (Å²) >= 11 is 6.10. The molecule has 0 aromatic heterocycles. The lowest BCUT2D eigenvalue weighted by Gasteiger charge is -2.36. The van der Waals surface area contributed by atoms with Gasteiger partial charge in [0.25, 0.3) is 0 Å². The van der Waals surface area contributed by atoms with E-state index in [2.05, 4.69) is 5.32 Å². The number of rotatable bonds is 5. The second-order valence-electron chi connectivity index (χ2n) is 5.51. The zero-order valence-electron chi connectivity index (χ0n) is 12.0. The summed E-state index contributed by atoms with van der Waals surface area (Å²) in [5, 5.41) is 3.16. The average Bonchev–Trinajstić information content (AvgIpc) is 2.48. The normalized spacial score (nSPS) is 17.5. The minimum atomic E-state index is -0.209. The molecule has 1 fully saturated rings. The van der Waals surface area contributed by atoms with Crippen molar-refractivity contribution in [2.24, 2.45) is 0 Å². The Hall–Kier alpha value is -1.22. The molecule has 0 saturated heterocycles. The molecule has 1 aromatic rings. The number of hydrogen-bond acceptors (Lipinski definition) is 2. The number of nitrogens with one attached hydrogen (secondary N) is 1. The number of hydrogen-bond donors (Lipinski definition) is 1. The SMILES string of the molecule is COc1ccccc1CC(=O)NC1(CCl)CCCCC1. The van der Waals surface area contributed by atoms with Crippen LogP contribution < -0.4 is 10.1 Å². The Morgan fingerprint density at radius 1 is 1.30 bits per heavy atom. The Morgan fingerprint density at radius 3 is 2.65 bits per heavy atom. The lowest BCUT2D eigenvalue weighted by Crippen LogP contribution is -2.51. The van der Waals surface area contributed by atoms with Crippen LogP contribution in [0.3, 0.4) is 0 Å². The first-order valence-corrected chi connectivity index (χ1v) is 7.71. The lowest BCUT2D eigenvalue weighted by atomic mass is 9.83. The van der Waals surface area contributed by atoms with Crippen LogP contribution in [0, 0.1) is 0 Å². The van der Waals surface area contributed by atoms with Gasteiger partial charge in [-0.3, -0.25) is 4.79 Å². The van der Waals surface area contributed by atoms with Crippen molar-refractivity contribution in [1.29, 1.82) is 0 Å². The smallest absolute Gasteiger partial charge is 0.225 e. The Labute approximate surface area is 125 Å². The first-order valence-electron chi connectivity index (χ1n) is 7.18. The number of benzene rings is 1. The number of ether oxygens (including phenoxy) is 1. The zero-order valence-corrected chi connectivity index (χ0v) is 12.7. The topological polar surface area (TPSA) is 38.3 Å². The fourth-order valence-electron chi connectivity index (χ4n) is 2.88. The second-order valence-corrected chi connectivity index (χ2v) is 5.78. The van der Waals surface area contributed by atoms with Crippen LogP contribution in [0.4, 0.5) is 0 Å². The van der Waals surface area contributed by atoms with Gasteiger partial charge in [-0.05, 0) is 18.9 Å². The lowest BCUT2D eigenvalue weighted by molar-refractivity contribution is -0.122. The molecular weight excluding hydrogens is 274 g/mol. The van der Waals surface area contributed by atoms with Gasteiger partial charge in [0.15, 0.2) is 0 Å². The van der Waals surface area contributed by atoms with Gasteiger partial charge >= 0.3 is 0 Å². The molecule has 0 radical (unpaired) electrons. The van der Waals surface area contributed by atoms with Gasteiger partial charge in [-0.25, -0.2) is 0 Å². The van der Waals surface area contributed by atoms with Gasteiger partial charge in [0.2, 0.25) is 5.91 Å². The van der Waals surface area contributed by atoms with Gasteiger partial charge in [0.05, 0.1) is 19.1 Å². The highest BCUT2D eigenvalue weighted by Crippen LogP contribution is 2.29. The minimum Gasteiger partial charge on any atom is -0.496 e. The van der Waals surface area contributed by atoms with Crippen molar-refractivity contribution in [2.45, 2.75) is 44.1 Å². The summed E-state index contributed by atoms with van der Waals surface area (Å²) < 4.78 is 5.28. The molecular formula is C16H22ClNO2. The second kappa shape index (κ2) is 6.98. The summed E-state index contributed by atoms with van der Waals surface area (Å²) in [5.41, 5.74) is 0.701. The first kappa shape index (κ1) is 15.2. The molecule has 3 nitrogen and oxygen atoms in total. The molecule has 0 heterocycles. The number of methoxy groups -OCH3 is 1. The van der Waals surface area contributed by atoms with E-state index in [0.717, 1.165) is 37.0 Å². The highest BCUT2D eigenvalue weighted by molar-refractivity contribution is 6.18. The van der Waals surface area contributed by atoms with Gasteiger partial charge in [0, 0.05) is 11.4 Å². The molecule has 1 aromatic carbocycles. The monoisotopic (exact) mass is 295 g/mol. The summed E-state index contributed by atoms with van der Waals surface area (Å²) in [6.45, 7) is 0. The van der Waals surface area contributed by atoms with Crippen LogP contribution in [-0.4, -0.2) is 24.4 Å². The number of halogens is 1. The summed E-state index contributed by atoms with van der Waals surface area (Å²) in [6.07, 6.45) is 5.81. The molecule has 0 spiro atoms. The van der Waals surface area contributed by atoms with Gasteiger partial charge in [-0.15, -0.1) is 11.6 Å². The number of carbonyl (C=O) groups excluding carboxylic acids is 1. The van der Waals surface area contributed by atoms with E-state index in [9.17, 15) is 4.79 Å². The summed E-state index contributed by atoms with van der Waals surface area (Å²) in [7, 11) is 1.62. The van der Waals surface area contributed by atoms with E-state index in [-0.39, 0.29) is 11.4 Å². The molecule has 0 aliphatic heterocycles. The van der Waals surface area contributed by atoms with Crippen molar-refractivity contribution >= 4 is 17.5 Å². The number of alkyl halides is 1. The van der Waals surface area contributed by atoms with Crippen LogP contribution >= 0.6 is 11.6 Å². The van der Waals surface area contributed by atoms with Gasteiger partial charge < -0.3 is 10.1 Å². The number of amides is 1. The van der Waals surface area contributed by atoms with E-state index in [4.69, 9.17) is 16.3 Å². The molecule has 0 bridgehead atoms. The van der Waals surface area contributed by atoms with Gasteiger partial charge in [-0.1, -0.05) is 37.5 Å². The highest BCUT2D eigenvalue weighted by Gasteiger charge is 2.32. The van der Waals surface area contributed by atoms with Crippen molar-refractivity contribution in [3.05, 3.63) is 29.8 Å². The predicted octanol–water partition coefficient (Wildman–Crippen LogP) is 3.30. The van der Waals surface area contributed by atoms with E-state index in [0.29, 0.717) is 12.3 Å². The Kier molecular flexibility index (Phi) is 5.30. The molecule has 1 N–H and O–H groups in total. The van der Waals surface area contributed by atoms with E-state index < -0.39 is 0 Å². The van der Waals surface area contributed by atoms with Gasteiger partial charge in [-0.2, -0.15) is 0 Å². The van der Waals surface area contributed by atoms with Crippen molar-refractivity contribution in [1.82, 2.24) is 5.32 Å². The van der Waals surface area contributed by atoms with E-state index in [1.165, 1.54) is 6.42 Å². The fourth-order valence-corrected chi connectivity index (χ4v) is 3.22. The highest BCUT2D eigenvalue weighted by atomic mass is 35.5. The standard InChI is InChI=1S/C16H22ClNO2/c1-20-14-8-4-3-7-13(14)11-15(19)18-16(12-17)9-5-2-6-10-16/h3-4,7-8H,2,5-6,9-12H2,1H3,(H,18,19). The molecule has 0 atom stereocenters. The van der Waals surface area contributed by atoms with Crippen LogP contribution in [0.15, 0.2) is 24.3 Å². The molecule has 1 saturated carbocycles. The van der Waals surface area contributed by atoms with Crippen LogP contribution in [0.1, 0.15) is 37.7 Å². The zero-order chi connectivity index (χ0) is 14.4. The average molecular weight is 296 g/mol. The first-order chi connectivity index (χ1) is 9.69. The number of carbonyl (C=O) groups is 1. The molecule has 110 valence electrons. The van der Waals surface area contributed by atoms with Crippen LogP contribution in [0.5, 0.6) is 5.75 Å². The minimum absolute atomic E-state index is 0.0250. The van der Waals surface area contributed by atoms with Gasteiger partial charge in [0.1, 0.15) is 5.75 Å². The third kappa shape index (κ3) is 3.66. The molecule has 1 amide bonds. The maximum absolute atomic E-state index is 12.3. The summed E-state index contributed by atoms with van der Waals surface area (Å²) in [4.78, 5) is 12.3. The fraction of sp³-hybridized carbons (Fsp3) is 0.562. The van der Waals surface area contributed by atoms with Crippen molar-refractivity contribution in [3.8, 4) is 5.75 Å². The quantitative estimate of drug-likeness (QED) is 0.847. The Balaban J connectivity index is 2.01. The Bertz CT molecular complexity index is 456. The van der Waals surface area contributed by atoms with Crippen molar-refractivity contribution < 1.29 is 9.53 Å². The number of para-hydroxylation sites is 1. The maximum atomic E-state index is 12.3. The van der Waals surface area contributed by atoms with E-state index in [1.54, 1.807) is 7.11 Å². The Morgan fingerprint density at radius 2 is 2.00 bits per heavy atom.